The lowest BCUT2D eigenvalue weighted by Gasteiger charge is -2.37. The lowest BCUT2D eigenvalue weighted by atomic mass is 9.86. The Morgan fingerprint density at radius 1 is 1.17 bits per heavy atom. The molecule has 168 valence electrons. The highest BCUT2D eigenvalue weighted by molar-refractivity contribution is 7.89. The summed E-state index contributed by atoms with van der Waals surface area (Å²) in [5.74, 6) is 1.27. The minimum atomic E-state index is -3.23. The maximum atomic E-state index is 12.1. The second-order valence-electron chi connectivity index (χ2n) is 8.50. The van der Waals surface area contributed by atoms with Crippen LogP contribution in [0.2, 0.25) is 0 Å². The first-order valence-corrected chi connectivity index (χ1v) is 12.9. The molecule has 30 heavy (non-hydrogen) atoms. The van der Waals surface area contributed by atoms with Gasteiger partial charge in [-0.1, -0.05) is 36.8 Å². The van der Waals surface area contributed by atoms with Gasteiger partial charge in [0.1, 0.15) is 0 Å². The van der Waals surface area contributed by atoms with E-state index in [1.54, 1.807) is 7.05 Å². The molecule has 0 aromatic heterocycles. The van der Waals surface area contributed by atoms with Crippen LogP contribution in [0.3, 0.4) is 0 Å². The zero-order chi connectivity index (χ0) is 21.4. The summed E-state index contributed by atoms with van der Waals surface area (Å²) < 4.78 is 27.0. The van der Waals surface area contributed by atoms with E-state index in [0.29, 0.717) is 37.1 Å². The summed E-state index contributed by atoms with van der Waals surface area (Å²) >= 11 is 0. The molecule has 2 fully saturated rings. The molecule has 1 aromatic carbocycles. The Morgan fingerprint density at radius 3 is 2.47 bits per heavy atom. The molecule has 3 N–H and O–H groups in total. The second kappa shape index (κ2) is 11.1. The van der Waals surface area contributed by atoms with Crippen molar-refractivity contribution in [1.29, 1.82) is 0 Å². The third kappa shape index (κ3) is 6.96. The van der Waals surface area contributed by atoms with E-state index < -0.39 is 10.0 Å². The number of nitrogens with one attached hydrogen (secondary N) is 3. The number of hydrogen-bond acceptors (Lipinski definition) is 4. The van der Waals surface area contributed by atoms with Crippen molar-refractivity contribution in [3.63, 3.8) is 0 Å². The summed E-state index contributed by atoms with van der Waals surface area (Å²) in [5.41, 5.74) is 1.36. The molecule has 0 spiro atoms. The quantitative estimate of drug-likeness (QED) is 0.409. The van der Waals surface area contributed by atoms with Gasteiger partial charge in [-0.05, 0) is 44.1 Å². The molecule has 1 aromatic rings. The maximum Gasteiger partial charge on any atom is 0.213 e. The van der Waals surface area contributed by atoms with Crippen LogP contribution in [0.4, 0.5) is 0 Å². The van der Waals surface area contributed by atoms with Crippen molar-refractivity contribution in [2.24, 2.45) is 10.9 Å². The molecular weight excluding hydrogens is 398 g/mol. The van der Waals surface area contributed by atoms with Gasteiger partial charge in [0, 0.05) is 45.3 Å². The average Bonchev–Trinajstić information content (AvgIpc) is 2.72. The van der Waals surface area contributed by atoms with Crippen molar-refractivity contribution in [1.82, 2.24) is 20.3 Å². The average molecular weight is 436 g/mol. The van der Waals surface area contributed by atoms with E-state index in [9.17, 15) is 8.42 Å². The summed E-state index contributed by atoms with van der Waals surface area (Å²) in [6, 6.07) is 11.4. The van der Waals surface area contributed by atoms with Crippen LogP contribution in [0.1, 0.15) is 50.6 Å². The van der Waals surface area contributed by atoms with Crippen LogP contribution < -0.4 is 15.4 Å². The minimum Gasteiger partial charge on any atom is -0.355 e. The Balaban J connectivity index is 1.36. The largest absolute Gasteiger partial charge is 0.355 e. The highest BCUT2D eigenvalue weighted by Crippen LogP contribution is 2.25. The first-order valence-electron chi connectivity index (χ1n) is 11.2. The smallest absolute Gasteiger partial charge is 0.213 e. The van der Waals surface area contributed by atoms with Gasteiger partial charge >= 0.3 is 0 Å². The molecule has 1 heterocycles. The predicted octanol–water partition coefficient (Wildman–Crippen LogP) is 2.10. The molecule has 8 heteroatoms. The third-order valence-corrected chi connectivity index (χ3v) is 7.75. The van der Waals surface area contributed by atoms with E-state index in [0.717, 1.165) is 38.8 Å². The fourth-order valence-electron chi connectivity index (χ4n) is 4.08. The van der Waals surface area contributed by atoms with Crippen LogP contribution in [-0.4, -0.2) is 64.3 Å². The number of piperidine rings is 1. The molecule has 1 unspecified atom stereocenters. The predicted molar refractivity (Wildman–Crippen MR) is 123 cm³/mol. The molecule has 1 aliphatic carbocycles. The number of nitrogens with zero attached hydrogens (tertiary/aromatic N) is 2. The fraction of sp³-hybridized carbons (Fsp3) is 0.682. The highest BCUT2D eigenvalue weighted by Gasteiger charge is 2.24. The zero-order valence-corrected chi connectivity index (χ0v) is 19.1. The third-order valence-electron chi connectivity index (χ3n) is 6.40. The first-order chi connectivity index (χ1) is 14.5. The van der Waals surface area contributed by atoms with E-state index in [-0.39, 0.29) is 5.75 Å². The number of aliphatic imine (C=N–C) groups is 1. The molecule has 0 bridgehead atoms. The molecule has 0 amide bonds. The molecule has 2 aliphatic rings. The highest BCUT2D eigenvalue weighted by atomic mass is 32.2. The van der Waals surface area contributed by atoms with E-state index >= 15 is 0 Å². The second-order valence-corrected chi connectivity index (χ2v) is 10.4. The van der Waals surface area contributed by atoms with Crippen molar-refractivity contribution >= 4 is 16.0 Å². The van der Waals surface area contributed by atoms with Gasteiger partial charge in [0.15, 0.2) is 5.96 Å². The summed E-state index contributed by atoms with van der Waals surface area (Å²) in [4.78, 5) is 6.78. The van der Waals surface area contributed by atoms with Crippen LogP contribution in [0.15, 0.2) is 35.3 Å². The van der Waals surface area contributed by atoms with Crippen LogP contribution in [-0.2, 0) is 10.0 Å². The normalized spacial score (nSPS) is 20.5. The van der Waals surface area contributed by atoms with E-state index in [2.05, 4.69) is 62.5 Å². The van der Waals surface area contributed by atoms with Crippen molar-refractivity contribution in [2.75, 3.05) is 39.0 Å². The topological polar surface area (TPSA) is 85.8 Å². The Kier molecular flexibility index (Phi) is 8.53. The van der Waals surface area contributed by atoms with Crippen LogP contribution in [0.25, 0.3) is 0 Å². The molecule has 1 atom stereocenters. The van der Waals surface area contributed by atoms with Crippen molar-refractivity contribution in [2.45, 2.75) is 51.1 Å². The van der Waals surface area contributed by atoms with Crippen molar-refractivity contribution in [3.8, 4) is 0 Å². The summed E-state index contributed by atoms with van der Waals surface area (Å²) in [6.07, 6.45) is 5.58. The molecule has 0 radical (unpaired) electrons. The van der Waals surface area contributed by atoms with Crippen molar-refractivity contribution in [3.05, 3.63) is 35.9 Å². The number of benzene rings is 1. The number of hydrogen-bond donors (Lipinski definition) is 3. The van der Waals surface area contributed by atoms with Gasteiger partial charge in [-0.15, -0.1) is 0 Å². The van der Waals surface area contributed by atoms with Gasteiger partial charge in [-0.3, -0.25) is 9.89 Å². The number of sulfonamides is 1. The Bertz CT molecular complexity index is 772. The zero-order valence-electron chi connectivity index (χ0n) is 18.3. The standard InChI is InChI=1S/C22H37N5O2S/c1-18(20-9-4-3-5-10-20)27-14-11-21(12-15-27)26-22(23-2)24-13-16-30(28,29)25-17-19-7-6-8-19/h3-5,9-10,18-19,21,25H,6-8,11-17H2,1-2H3,(H2,23,24,26). The molecule has 1 aliphatic heterocycles. The SMILES string of the molecule is CN=C(NCCS(=O)(=O)NCC1CCC1)NC1CCN(C(C)c2ccccc2)CC1. The fourth-order valence-corrected chi connectivity index (χ4v) is 5.08. The molecule has 7 nitrogen and oxygen atoms in total. The van der Waals surface area contributed by atoms with Gasteiger partial charge in [-0.2, -0.15) is 0 Å². The van der Waals surface area contributed by atoms with Crippen LogP contribution in [0.5, 0.6) is 0 Å². The Morgan fingerprint density at radius 2 is 1.87 bits per heavy atom. The first kappa shape index (κ1) is 23.0. The lowest BCUT2D eigenvalue weighted by Crippen LogP contribution is -2.50. The van der Waals surface area contributed by atoms with E-state index in [4.69, 9.17) is 0 Å². The maximum absolute atomic E-state index is 12.1. The van der Waals surface area contributed by atoms with Gasteiger partial charge < -0.3 is 10.6 Å². The number of rotatable bonds is 9. The molecule has 1 saturated carbocycles. The summed E-state index contributed by atoms with van der Waals surface area (Å²) in [5, 5.41) is 6.61. The van der Waals surface area contributed by atoms with Crippen LogP contribution >= 0.6 is 0 Å². The van der Waals surface area contributed by atoms with Gasteiger partial charge in [0.05, 0.1) is 5.75 Å². The Hall–Kier alpha value is -1.64. The Labute approximate surface area is 181 Å². The summed E-state index contributed by atoms with van der Waals surface area (Å²) in [7, 11) is -1.51. The van der Waals surface area contributed by atoms with Gasteiger partial charge in [0.2, 0.25) is 10.0 Å². The van der Waals surface area contributed by atoms with Gasteiger partial charge in [0.25, 0.3) is 0 Å². The van der Waals surface area contributed by atoms with Crippen LogP contribution in [0, 0.1) is 5.92 Å². The molecule has 3 rings (SSSR count). The number of guanidine groups is 1. The van der Waals surface area contributed by atoms with Crippen molar-refractivity contribution < 1.29 is 8.42 Å². The summed E-state index contributed by atoms with van der Waals surface area (Å²) in [6.45, 7) is 5.26. The molecule has 1 saturated heterocycles. The molecular formula is C22H37N5O2S. The lowest BCUT2D eigenvalue weighted by molar-refractivity contribution is 0.158. The number of likely N-dealkylation sites (tertiary alicyclic amines) is 1. The van der Waals surface area contributed by atoms with E-state index in [1.807, 2.05) is 0 Å². The van der Waals surface area contributed by atoms with E-state index in [1.165, 1.54) is 12.0 Å². The monoisotopic (exact) mass is 435 g/mol. The minimum absolute atomic E-state index is 0.0630. The van der Waals surface area contributed by atoms with Gasteiger partial charge in [-0.25, -0.2) is 13.1 Å².